The lowest BCUT2D eigenvalue weighted by atomic mass is 9.93. The molecule has 4 amide bonds. The second-order valence-corrected chi connectivity index (χ2v) is 9.19. The highest BCUT2D eigenvalue weighted by Gasteiger charge is 2.68. The molecular formula is C23H25F5N4O5. The fourth-order valence-electron chi connectivity index (χ4n) is 4.19. The van der Waals surface area contributed by atoms with Crippen LogP contribution in [0.5, 0.6) is 0 Å². The third-order valence-electron chi connectivity index (χ3n) is 6.51. The summed E-state index contributed by atoms with van der Waals surface area (Å²) in [6.07, 6.45) is -8.84. The van der Waals surface area contributed by atoms with E-state index in [1.165, 1.54) is 0 Å². The molecular weight excluding hydrogens is 507 g/mol. The molecule has 1 saturated carbocycles. The molecule has 0 radical (unpaired) electrons. The number of nitrogens with one attached hydrogen (secondary N) is 4. The van der Waals surface area contributed by atoms with Crippen molar-refractivity contribution in [2.45, 2.75) is 57.3 Å². The molecule has 3 atom stereocenters. The van der Waals surface area contributed by atoms with Gasteiger partial charge in [-0.3, -0.25) is 24.0 Å². The number of Topliss-reactive ketones (excluding diaryl/α,β-unsaturated/α-hetero) is 1. The molecule has 4 N–H and O–H groups in total. The van der Waals surface area contributed by atoms with Crippen LogP contribution in [0.3, 0.4) is 0 Å². The van der Waals surface area contributed by atoms with Crippen molar-refractivity contribution < 1.29 is 45.9 Å². The number of carbonyl (C=O) groups is 5. The lowest BCUT2D eigenvalue weighted by Gasteiger charge is -2.22. The molecule has 2 fully saturated rings. The SMILES string of the molecule is CNC(=O)C(=O)C(C[C@@H]1C[C@@H](C)NC1=O)NC(=O)c1cc(C(F)F)ccc1NC(=O)C1(C(F)(F)F)CC1. The molecule has 3 rings (SSSR count). The summed E-state index contributed by atoms with van der Waals surface area (Å²) in [4.78, 5) is 62.3. The molecule has 14 heteroatoms. The zero-order chi connectivity index (χ0) is 27.7. The lowest BCUT2D eigenvalue weighted by molar-refractivity contribution is -0.189. The van der Waals surface area contributed by atoms with Gasteiger partial charge in [-0.2, -0.15) is 13.2 Å². The molecule has 1 heterocycles. The number of carbonyl (C=O) groups excluding carboxylic acids is 5. The van der Waals surface area contributed by atoms with Crippen molar-refractivity contribution in [3.05, 3.63) is 29.3 Å². The zero-order valence-electron chi connectivity index (χ0n) is 19.8. The number of alkyl halides is 5. The molecule has 2 aliphatic rings. The summed E-state index contributed by atoms with van der Waals surface area (Å²) in [5.74, 6) is -6.02. The molecule has 1 saturated heterocycles. The Morgan fingerprint density at radius 3 is 2.30 bits per heavy atom. The molecule has 1 aliphatic heterocycles. The van der Waals surface area contributed by atoms with Crippen LogP contribution in [0.2, 0.25) is 0 Å². The van der Waals surface area contributed by atoms with Gasteiger partial charge in [-0.15, -0.1) is 0 Å². The topological polar surface area (TPSA) is 133 Å². The van der Waals surface area contributed by atoms with E-state index in [4.69, 9.17) is 0 Å². The predicted molar refractivity (Wildman–Crippen MR) is 118 cm³/mol. The minimum absolute atomic E-state index is 0.225. The first-order chi connectivity index (χ1) is 17.2. The van der Waals surface area contributed by atoms with Gasteiger partial charge in [-0.25, -0.2) is 8.78 Å². The molecule has 1 aliphatic carbocycles. The van der Waals surface area contributed by atoms with Gasteiger partial charge in [0.25, 0.3) is 18.2 Å². The van der Waals surface area contributed by atoms with Crippen LogP contribution in [-0.2, 0) is 19.2 Å². The van der Waals surface area contributed by atoms with Gasteiger partial charge >= 0.3 is 6.18 Å². The summed E-state index contributed by atoms with van der Waals surface area (Å²) in [5.41, 5.74) is -4.44. The molecule has 202 valence electrons. The van der Waals surface area contributed by atoms with Crippen LogP contribution in [0.1, 0.15) is 55.0 Å². The Bertz CT molecular complexity index is 1120. The van der Waals surface area contributed by atoms with E-state index in [0.29, 0.717) is 12.5 Å². The summed E-state index contributed by atoms with van der Waals surface area (Å²) < 4.78 is 66.7. The number of benzene rings is 1. The van der Waals surface area contributed by atoms with Gasteiger partial charge < -0.3 is 21.3 Å². The smallest absolute Gasteiger partial charge is 0.353 e. The van der Waals surface area contributed by atoms with Crippen molar-refractivity contribution in [3.8, 4) is 0 Å². The first kappa shape index (κ1) is 28.0. The van der Waals surface area contributed by atoms with Gasteiger partial charge in [0, 0.05) is 24.6 Å². The summed E-state index contributed by atoms with van der Waals surface area (Å²) >= 11 is 0. The molecule has 0 aromatic heterocycles. The Labute approximate surface area is 207 Å². The van der Waals surface area contributed by atoms with Crippen LogP contribution >= 0.6 is 0 Å². The van der Waals surface area contributed by atoms with E-state index in [-0.39, 0.29) is 12.5 Å². The molecule has 37 heavy (non-hydrogen) atoms. The van der Waals surface area contributed by atoms with Gasteiger partial charge in [0.1, 0.15) is 5.41 Å². The molecule has 0 spiro atoms. The average Bonchev–Trinajstić information content (AvgIpc) is 3.59. The second-order valence-electron chi connectivity index (χ2n) is 9.19. The predicted octanol–water partition coefficient (Wildman–Crippen LogP) is 2.23. The summed E-state index contributed by atoms with van der Waals surface area (Å²) in [6, 6.07) is 0.590. The summed E-state index contributed by atoms with van der Waals surface area (Å²) in [7, 11) is 1.16. The third kappa shape index (κ3) is 5.88. The number of anilines is 1. The summed E-state index contributed by atoms with van der Waals surface area (Å²) in [6.45, 7) is 1.71. The maximum absolute atomic E-state index is 13.4. The number of hydrogen-bond donors (Lipinski definition) is 4. The largest absolute Gasteiger partial charge is 0.403 e. The first-order valence-corrected chi connectivity index (χ1v) is 11.4. The highest BCUT2D eigenvalue weighted by Crippen LogP contribution is 2.58. The first-order valence-electron chi connectivity index (χ1n) is 11.4. The monoisotopic (exact) mass is 532 g/mol. The molecule has 1 aromatic carbocycles. The maximum atomic E-state index is 13.4. The highest BCUT2D eigenvalue weighted by molar-refractivity contribution is 6.38. The van der Waals surface area contributed by atoms with E-state index in [1.54, 1.807) is 6.92 Å². The number of amides is 4. The van der Waals surface area contributed by atoms with Crippen LogP contribution in [0.15, 0.2) is 18.2 Å². The van der Waals surface area contributed by atoms with Crippen molar-refractivity contribution >= 4 is 35.1 Å². The van der Waals surface area contributed by atoms with Crippen LogP contribution in [0, 0.1) is 11.3 Å². The standard InChI is InChI=1S/C23H25F5N4O5/c1-10-7-12(18(34)30-10)9-15(16(33)20(36)29-2)31-19(35)13-8-11(17(24)25)3-4-14(13)32-21(37)22(5-6-22)23(26,27)28/h3-4,8,10,12,15,17H,5-7,9H2,1-2H3,(H,29,36)(H,30,34)(H,31,35)(H,32,37)/t10-,12+,15?/m1/s1. The second kappa shape index (κ2) is 10.4. The Hall–Kier alpha value is -3.58. The van der Waals surface area contributed by atoms with Crippen LogP contribution < -0.4 is 21.3 Å². The minimum atomic E-state index is -4.85. The molecule has 1 aromatic rings. The average molecular weight is 532 g/mol. The molecule has 0 bridgehead atoms. The van der Waals surface area contributed by atoms with Crippen molar-refractivity contribution in [1.29, 1.82) is 0 Å². The Morgan fingerprint density at radius 2 is 1.81 bits per heavy atom. The van der Waals surface area contributed by atoms with E-state index in [9.17, 15) is 45.9 Å². The number of ketones is 1. The van der Waals surface area contributed by atoms with Crippen molar-refractivity contribution in [1.82, 2.24) is 16.0 Å². The van der Waals surface area contributed by atoms with E-state index >= 15 is 0 Å². The van der Waals surface area contributed by atoms with Gasteiger partial charge in [0.2, 0.25) is 17.6 Å². The minimum Gasteiger partial charge on any atom is -0.353 e. The number of likely N-dealkylation sites (N-methyl/N-ethyl adjacent to an activating group) is 1. The van der Waals surface area contributed by atoms with E-state index < -0.39 is 89.0 Å². The van der Waals surface area contributed by atoms with E-state index in [0.717, 1.165) is 19.2 Å². The van der Waals surface area contributed by atoms with Gasteiger partial charge in [-0.05, 0) is 44.7 Å². The van der Waals surface area contributed by atoms with Gasteiger partial charge in [-0.1, -0.05) is 6.07 Å². The van der Waals surface area contributed by atoms with Crippen LogP contribution in [0.4, 0.5) is 27.6 Å². The highest BCUT2D eigenvalue weighted by atomic mass is 19.4. The Balaban J connectivity index is 1.91. The number of hydrogen-bond acceptors (Lipinski definition) is 5. The quantitative estimate of drug-likeness (QED) is 0.286. The lowest BCUT2D eigenvalue weighted by Crippen LogP contribution is -2.48. The summed E-state index contributed by atoms with van der Waals surface area (Å²) in [5, 5.41) is 8.96. The van der Waals surface area contributed by atoms with E-state index in [2.05, 4.69) is 16.0 Å². The third-order valence-corrected chi connectivity index (χ3v) is 6.51. The molecule has 9 nitrogen and oxygen atoms in total. The fraction of sp³-hybridized carbons (Fsp3) is 0.522. The number of rotatable bonds is 9. The van der Waals surface area contributed by atoms with E-state index in [1.807, 2.05) is 5.32 Å². The van der Waals surface area contributed by atoms with Crippen LogP contribution in [-0.4, -0.2) is 54.7 Å². The number of halogens is 5. The van der Waals surface area contributed by atoms with Gasteiger partial charge in [0.15, 0.2) is 0 Å². The maximum Gasteiger partial charge on any atom is 0.403 e. The normalized spacial score (nSPS) is 21.1. The Kier molecular flexibility index (Phi) is 7.89. The molecule has 1 unspecified atom stereocenters. The van der Waals surface area contributed by atoms with Crippen LogP contribution in [0.25, 0.3) is 0 Å². The van der Waals surface area contributed by atoms with Crippen molar-refractivity contribution in [2.75, 3.05) is 12.4 Å². The fourth-order valence-corrected chi connectivity index (χ4v) is 4.19. The Morgan fingerprint density at radius 1 is 1.16 bits per heavy atom. The van der Waals surface area contributed by atoms with Crippen molar-refractivity contribution in [3.63, 3.8) is 0 Å². The van der Waals surface area contributed by atoms with Crippen molar-refractivity contribution in [2.24, 2.45) is 11.3 Å². The van der Waals surface area contributed by atoms with Gasteiger partial charge in [0.05, 0.1) is 17.3 Å². The zero-order valence-corrected chi connectivity index (χ0v) is 19.8.